The Hall–Kier alpha value is -2.86. The average Bonchev–Trinajstić information content (AvgIpc) is 2.52. The van der Waals surface area contributed by atoms with E-state index in [-0.39, 0.29) is 29.6 Å². The van der Waals surface area contributed by atoms with E-state index in [1.54, 1.807) is 18.2 Å². The van der Waals surface area contributed by atoms with Crippen molar-refractivity contribution in [2.24, 2.45) is 0 Å². The third-order valence-corrected chi connectivity index (χ3v) is 3.33. The van der Waals surface area contributed by atoms with Gasteiger partial charge in [-0.05, 0) is 18.2 Å². The molecule has 0 aliphatic rings. The smallest absolute Gasteiger partial charge is 0.343 e. The van der Waals surface area contributed by atoms with Crippen LogP contribution in [0.1, 0.15) is 5.56 Å². The van der Waals surface area contributed by atoms with Crippen LogP contribution in [0.2, 0.25) is 0 Å². The second-order valence-corrected chi connectivity index (χ2v) is 5.22. The number of methoxy groups -OCH3 is 1. The molecule has 118 valence electrons. The molecule has 1 heterocycles. The highest BCUT2D eigenvalue weighted by Crippen LogP contribution is 2.35. The molecule has 9 heteroatoms. The van der Waals surface area contributed by atoms with Gasteiger partial charge in [0.2, 0.25) is 5.95 Å². The van der Waals surface area contributed by atoms with Gasteiger partial charge in [0.25, 0.3) is 0 Å². The molecule has 2 rings (SSSR count). The summed E-state index contributed by atoms with van der Waals surface area (Å²) in [7, 11) is 1.26. The summed E-state index contributed by atoms with van der Waals surface area (Å²) in [5.74, 6) is -0.321. The van der Waals surface area contributed by atoms with Crippen molar-refractivity contribution >= 4 is 33.7 Å². The Bertz CT molecular complexity index is 804. The van der Waals surface area contributed by atoms with Gasteiger partial charge in [0.1, 0.15) is 23.2 Å². The second kappa shape index (κ2) is 6.93. The average molecular weight is 378 g/mol. The molecule has 0 unspecified atom stereocenters. The van der Waals surface area contributed by atoms with Crippen molar-refractivity contribution in [3.63, 3.8) is 0 Å². The van der Waals surface area contributed by atoms with Gasteiger partial charge in [-0.25, -0.2) is 9.78 Å². The van der Waals surface area contributed by atoms with Crippen molar-refractivity contribution in [2.75, 3.05) is 25.2 Å². The fraction of sp³-hybridized carbons (Fsp3) is 0.143. The number of nitrogens with zero attached hydrogens (tertiary/aromatic N) is 3. The minimum Gasteiger partial charge on any atom is -0.481 e. The van der Waals surface area contributed by atoms with E-state index in [9.17, 15) is 10.1 Å². The number of ether oxygens (including phenoxy) is 2. The molecule has 0 fully saturated rings. The van der Waals surface area contributed by atoms with Crippen LogP contribution in [0.5, 0.6) is 5.75 Å². The largest absolute Gasteiger partial charge is 0.481 e. The summed E-state index contributed by atoms with van der Waals surface area (Å²) in [6.07, 6.45) is 0. The molecule has 1 aromatic carbocycles. The van der Waals surface area contributed by atoms with Gasteiger partial charge in [-0.1, -0.05) is 15.9 Å². The van der Waals surface area contributed by atoms with Crippen molar-refractivity contribution in [1.29, 1.82) is 5.26 Å². The van der Waals surface area contributed by atoms with Crippen LogP contribution in [0.15, 0.2) is 22.7 Å². The lowest BCUT2D eigenvalue weighted by Crippen LogP contribution is -2.13. The third-order valence-electron chi connectivity index (χ3n) is 2.84. The monoisotopic (exact) mass is 377 g/mol. The number of esters is 1. The highest BCUT2D eigenvalue weighted by molar-refractivity contribution is 9.10. The molecule has 1 aromatic heterocycles. The number of aromatic nitrogens is 2. The zero-order valence-corrected chi connectivity index (χ0v) is 13.6. The minimum absolute atomic E-state index is 0.0334. The van der Waals surface area contributed by atoms with Crippen LogP contribution in [-0.2, 0) is 9.53 Å². The fourth-order valence-electron chi connectivity index (χ4n) is 1.81. The van der Waals surface area contributed by atoms with E-state index in [2.05, 4.69) is 30.6 Å². The van der Waals surface area contributed by atoms with Crippen LogP contribution in [-0.4, -0.2) is 29.7 Å². The Morgan fingerprint density at radius 2 is 2.13 bits per heavy atom. The first-order chi connectivity index (χ1) is 11.0. The maximum absolute atomic E-state index is 11.3. The topological polar surface area (TPSA) is 137 Å². The first-order valence-corrected chi connectivity index (χ1v) is 7.08. The molecule has 0 saturated carbocycles. The van der Waals surface area contributed by atoms with Gasteiger partial charge in [-0.15, -0.1) is 0 Å². The van der Waals surface area contributed by atoms with Crippen molar-refractivity contribution in [2.45, 2.75) is 0 Å². The molecular weight excluding hydrogens is 366 g/mol. The lowest BCUT2D eigenvalue weighted by Gasteiger charge is -2.13. The number of nitrogen functional groups attached to an aromatic ring is 2. The van der Waals surface area contributed by atoms with E-state index in [4.69, 9.17) is 16.2 Å². The molecule has 0 saturated heterocycles. The standard InChI is InChI=1S/C14H12BrN5O3/c1-22-11(21)6-23-10-3-2-7(15)4-8(10)12-9(5-16)13(17)20-14(18)19-12/h2-4H,6H2,1H3,(H4,17,18,19,20). The van der Waals surface area contributed by atoms with E-state index in [1.807, 2.05) is 6.07 Å². The third kappa shape index (κ3) is 3.67. The molecule has 0 aliphatic carbocycles. The Kier molecular flexibility index (Phi) is 4.98. The predicted molar refractivity (Wildman–Crippen MR) is 86.2 cm³/mol. The maximum atomic E-state index is 11.3. The van der Waals surface area contributed by atoms with Crippen molar-refractivity contribution in [3.8, 4) is 23.1 Å². The molecule has 23 heavy (non-hydrogen) atoms. The Labute approximate surface area is 140 Å². The van der Waals surface area contributed by atoms with Gasteiger partial charge in [-0.2, -0.15) is 10.2 Å². The molecule has 2 aromatic rings. The summed E-state index contributed by atoms with van der Waals surface area (Å²) in [6.45, 7) is -0.289. The molecular formula is C14H12BrN5O3. The molecule has 0 atom stereocenters. The van der Waals surface area contributed by atoms with E-state index < -0.39 is 5.97 Å². The van der Waals surface area contributed by atoms with Crippen molar-refractivity contribution < 1.29 is 14.3 Å². The SMILES string of the molecule is COC(=O)COc1ccc(Br)cc1-c1nc(N)nc(N)c1C#N. The van der Waals surface area contributed by atoms with Crippen LogP contribution in [0.4, 0.5) is 11.8 Å². The van der Waals surface area contributed by atoms with Gasteiger partial charge in [0.05, 0.1) is 12.8 Å². The minimum atomic E-state index is -0.541. The molecule has 8 nitrogen and oxygen atoms in total. The first kappa shape index (κ1) is 16.5. The summed E-state index contributed by atoms with van der Waals surface area (Å²) >= 11 is 3.33. The normalized spacial score (nSPS) is 9.96. The number of anilines is 2. The zero-order valence-electron chi connectivity index (χ0n) is 12.0. The lowest BCUT2D eigenvalue weighted by atomic mass is 10.1. The predicted octanol–water partition coefficient (Wildman–Crippen LogP) is 1.49. The molecule has 0 aliphatic heterocycles. The summed E-state index contributed by atoms with van der Waals surface area (Å²) in [4.78, 5) is 19.1. The number of hydrogen-bond acceptors (Lipinski definition) is 8. The lowest BCUT2D eigenvalue weighted by molar-refractivity contribution is -0.142. The number of halogens is 1. The van der Waals surface area contributed by atoms with Gasteiger partial charge in [0.15, 0.2) is 6.61 Å². The van der Waals surface area contributed by atoms with Gasteiger partial charge >= 0.3 is 5.97 Å². The number of carbonyl (C=O) groups is 1. The van der Waals surface area contributed by atoms with E-state index in [0.717, 1.165) is 4.47 Å². The summed E-state index contributed by atoms with van der Waals surface area (Å²) in [5, 5.41) is 9.29. The van der Waals surface area contributed by atoms with Crippen LogP contribution >= 0.6 is 15.9 Å². The fourth-order valence-corrected chi connectivity index (χ4v) is 2.17. The molecule has 0 spiro atoms. The van der Waals surface area contributed by atoms with E-state index in [1.165, 1.54) is 7.11 Å². The van der Waals surface area contributed by atoms with Crippen LogP contribution in [0.3, 0.4) is 0 Å². The molecule has 0 radical (unpaired) electrons. The number of benzene rings is 1. The Morgan fingerprint density at radius 1 is 1.39 bits per heavy atom. The highest BCUT2D eigenvalue weighted by atomic mass is 79.9. The molecule has 4 N–H and O–H groups in total. The Balaban J connectivity index is 2.57. The number of rotatable bonds is 4. The Morgan fingerprint density at radius 3 is 2.78 bits per heavy atom. The second-order valence-electron chi connectivity index (χ2n) is 4.31. The number of nitriles is 1. The van der Waals surface area contributed by atoms with Crippen LogP contribution < -0.4 is 16.2 Å². The molecule has 0 amide bonds. The van der Waals surface area contributed by atoms with Gasteiger partial charge in [0, 0.05) is 10.0 Å². The number of nitrogens with two attached hydrogens (primary N) is 2. The zero-order chi connectivity index (χ0) is 17.0. The maximum Gasteiger partial charge on any atom is 0.343 e. The van der Waals surface area contributed by atoms with Gasteiger partial charge in [-0.3, -0.25) is 0 Å². The van der Waals surface area contributed by atoms with Crippen molar-refractivity contribution in [3.05, 3.63) is 28.2 Å². The summed E-state index contributed by atoms with van der Waals surface area (Å²) < 4.78 is 10.7. The molecule has 0 bridgehead atoms. The number of carbonyl (C=O) groups excluding carboxylic acids is 1. The van der Waals surface area contributed by atoms with E-state index >= 15 is 0 Å². The number of hydrogen-bond donors (Lipinski definition) is 2. The summed E-state index contributed by atoms with van der Waals surface area (Å²) in [5.41, 5.74) is 12.1. The summed E-state index contributed by atoms with van der Waals surface area (Å²) in [6, 6.07) is 6.96. The highest BCUT2D eigenvalue weighted by Gasteiger charge is 2.18. The first-order valence-electron chi connectivity index (χ1n) is 6.29. The van der Waals surface area contributed by atoms with Crippen LogP contribution in [0, 0.1) is 11.3 Å². The van der Waals surface area contributed by atoms with Crippen molar-refractivity contribution in [1.82, 2.24) is 9.97 Å². The quantitative estimate of drug-likeness (QED) is 0.764. The van der Waals surface area contributed by atoms with E-state index in [0.29, 0.717) is 11.3 Å². The van der Waals surface area contributed by atoms with Crippen LogP contribution in [0.25, 0.3) is 11.3 Å². The van der Waals surface area contributed by atoms with Gasteiger partial charge < -0.3 is 20.9 Å².